The standard InChI is InChI=1S/C18H20ClN3O5S/c1-4-21(5-2)28(26,27)17-11-13(9-10-15(17)19)20-18(23)14-7-6-8-16(12(14)3)22(24)25/h6-11H,4-5H2,1-3H3,(H,20,23). The van der Waals surface area contributed by atoms with Gasteiger partial charge in [0.15, 0.2) is 0 Å². The minimum atomic E-state index is -3.82. The number of rotatable bonds is 7. The SMILES string of the molecule is CCN(CC)S(=O)(=O)c1cc(NC(=O)c2cccc([N+](=O)[O-])c2C)ccc1Cl. The van der Waals surface area contributed by atoms with Crippen LogP contribution in [-0.4, -0.2) is 36.6 Å². The van der Waals surface area contributed by atoms with E-state index in [1.54, 1.807) is 13.8 Å². The topological polar surface area (TPSA) is 110 Å². The van der Waals surface area contributed by atoms with Crippen molar-refractivity contribution in [2.45, 2.75) is 25.7 Å². The Bertz CT molecular complexity index is 1020. The predicted molar refractivity (Wildman–Crippen MR) is 107 cm³/mol. The fourth-order valence-corrected chi connectivity index (χ4v) is 4.71. The highest BCUT2D eigenvalue weighted by atomic mass is 35.5. The zero-order valence-electron chi connectivity index (χ0n) is 15.6. The Balaban J connectivity index is 2.40. The number of nitro benzene ring substituents is 1. The molecule has 8 nitrogen and oxygen atoms in total. The van der Waals surface area contributed by atoms with Crippen molar-refractivity contribution in [3.8, 4) is 0 Å². The van der Waals surface area contributed by atoms with Crippen LogP contribution >= 0.6 is 11.6 Å². The largest absolute Gasteiger partial charge is 0.322 e. The molecule has 0 atom stereocenters. The number of carbonyl (C=O) groups is 1. The molecule has 2 rings (SSSR count). The minimum Gasteiger partial charge on any atom is -0.322 e. The van der Waals surface area contributed by atoms with Crippen LogP contribution < -0.4 is 5.32 Å². The first-order valence-corrected chi connectivity index (χ1v) is 10.3. The van der Waals surface area contributed by atoms with Gasteiger partial charge in [-0.25, -0.2) is 8.42 Å². The molecule has 2 aromatic rings. The zero-order chi connectivity index (χ0) is 21.1. The lowest BCUT2D eigenvalue weighted by atomic mass is 10.1. The van der Waals surface area contributed by atoms with Gasteiger partial charge in [0.25, 0.3) is 11.6 Å². The van der Waals surface area contributed by atoms with E-state index in [0.717, 1.165) is 0 Å². The Morgan fingerprint density at radius 1 is 1.21 bits per heavy atom. The lowest BCUT2D eigenvalue weighted by molar-refractivity contribution is -0.385. The van der Waals surface area contributed by atoms with Crippen molar-refractivity contribution in [2.24, 2.45) is 0 Å². The van der Waals surface area contributed by atoms with Gasteiger partial charge in [-0.2, -0.15) is 4.31 Å². The summed E-state index contributed by atoms with van der Waals surface area (Å²) in [6.07, 6.45) is 0. The second-order valence-electron chi connectivity index (χ2n) is 5.90. The van der Waals surface area contributed by atoms with Gasteiger partial charge >= 0.3 is 0 Å². The number of nitrogens with one attached hydrogen (secondary N) is 1. The second-order valence-corrected chi connectivity index (χ2v) is 8.21. The molecule has 0 aliphatic heterocycles. The zero-order valence-corrected chi connectivity index (χ0v) is 17.2. The molecule has 0 fully saturated rings. The molecular weight excluding hydrogens is 406 g/mol. The molecule has 10 heteroatoms. The molecule has 28 heavy (non-hydrogen) atoms. The van der Waals surface area contributed by atoms with Crippen LogP contribution in [0.5, 0.6) is 0 Å². The van der Waals surface area contributed by atoms with Crippen molar-refractivity contribution in [1.82, 2.24) is 4.31 Å². The maximum absolute atomic E-state index is 12.8. The highest BCUT2D eigenvalue weighted by molar-refractivity contribution is 7.89. The number of hydrogen-bond acceptors (Lipinski definition) is 5. The van der Waals surface area contributed by atoms with Gasteiger partial charge in [-0.3, -0.25) is 14.9 Å². The average Bonchev–Trinajstić information content (AvgIpc) is 2.63. The summed E-state index contributed by atoms with van der Waals surface area (Å²) in [6, 6.07) is 8.31. The summed E-state index contributed by atoms with van der Waals surface area (Å²) in [5.74, 6) is -0.588. The minimum absolute atomic E-state index is 0.0384. The maximum atomic E-state index is 12.8. The summed E-state index contributed by atoms with van der Waals surface area (Å²) in [6.45, 7) is 5.46. The third kappa shape index (κ3) is 4.32. The summed E-state index contributed by atoms with van der Waals surface area (Å²) in [7, 11) is -3.82. The van der Waals surface area contributed by atoms with E-state index < -0.39 is 20.9 Å². The number of nitrogens with zero attached hydrogens (tertiary/aromatic N) is 2. The maximum Gasteiger partial charge on any atom is 0.273 e. The van der Waals surface area contributed by atoms with E-state index in [1.165, 1.54) is 47.6 Å². The van der Waals surface area contributed by atoms with Gasteiger partial charge in [0, 0.05) is 36.0 Å². The molecule has 0 unspecified atom stereocenters. The van der Waals surface area contributed by atoms with E-state index in [4.69, 9.17) is 11.6 Å². The molecule has 0 heterocycles. The molecule has 2 aromatic carbocycles. The van der Waals surface area contributed by atoms with Crippen LogP contribution in [0, 0.1) is 17.0 Å². The van der Waals surface area contributed by atoms with E-state index in [2.05, 4.69) is 5.32 Å². The monoisotopic (exact) mass is 425 g/mol. The molecule has 150 valence electrons. The van der Waals surface area contributed by atoms with Crippen LogP contribution in [0.4, 0.5) is 11.4 Å². The number of nitro groups is 1. The predicted octanol–water partition coefficient (Wildman–Crippen LogP) is 3.84. The van der Waals surface area contributed by atoms with Crippen molar-refractivity contribution in [3.63, 3.8) is 0 Å². The summed E-state index contributed by atoms with van der Waals surface area (Å²) in [5, 5.41) is 13.7. The molecular formula is C18H20ClN3O5S. The quantitative estimate of drug-likeness (QED) is 0.535. The summed E-state index contributed by atoms with van der Waals surface area (Å²) >= 11 is 6.08. The molecule has 0 aliphatic carbocycles. The molecule has 0 saturated heterocycles. The number of anilines is 1. The van der Waals surface area contributed by atoms with Crippen molar-refractivity contribution < 1.29 is 18.1 Å². The number of halogens is 1. The van der Waals surface area contributed by atoms with Crippen molar-refractivity contribution in [1.29, 1.82) is 0 Å². The van der Waals surface area contributed by atoms with E-state index >= 15 is 0 Å². The molecule has 1 N–H and O–H groups in total. The Kier molecular flexibility index (Phi) is 6.76. The summed E-state index contributed by atoms with van der Waals surface area (Å²) < 4.78 is 26.8. The fraction of sp³-hybridized carbons (Fsp3) is 0.278. The first-order chi connectivity index (χ1) is 13.1. The Morgan fingerprint density at radius 2 is 1.86 bits per heavy atom. The normalized spacial score (nSPS) is 11.5. The van der Waals surface area contributed by atoms with E-state index in [-0.39, 0.29) is 45.5 Å². The molecule has 1 amide bonds. The van der Waals surface area contributed by atoms with Crippen LogP contribution in [0.15, 0.2) is 41.3 Å². The number of carbonyl (C=O) groups excluding carboxylic acids is 1. The smallest absolute Gasteiger partial charge is 0.273 e. The summed E-state index contributed by atoms with van der Waals surface area (Å²) in [4.78, 5) is 22.9. The van der Waals surface area contributed by atoms with Crippen molar-refractivity contribution in [2.75, 3.05) is 18.4 Å². The molecule has 0 spiro atoms. The summed E-state index contributed by atoms with van der Waals surface area (Å²) in [5.41, 5.74) is 0.381. The lowest BCUT2D eigenvalue weighted by Crippen LogP contribution is -2.30. The third-order valence-electron chi connectivity index (χ3n) is 4.26. The number of amides is 1. The number of sulfonamides is 1. The van der Waals surface area contributed by atoms with Crippen LogP contribution in [0.2, 0.25) is 5.02 Å². The van der Waals surface area contributed by atoms with E-state index in [0.29, 0.717) is 0 Å². The fourth-order valence-electron chi connectivity index (χ4n) is 2.75. The van der Waals surface area contributed by atoms with Crippen LogP contribution in [0.25, 0.3) is 0 Å². The van der Waals surface area contributed by atoms with Gasteiger partial charge in [0.2, 0.25) is 10.0 Å². The van der Waals surface area contributed by atoms with Gasteiger partial charge in [-0.05, 0) is 31.2 Å². The second kappa shape index (κ2) is 8.68. The Labute approximate surface area is 168 Å². The molecule has 0 saturated carbocycles. The lowest BCUT2D eigenvalue weighted by Gasteiger charge is -2.19. The van der Waals surface area contributed by atoms with Crippen molar-refractivity contribution in [3.05, 3.63) is 62.7 Å². The Morgan fingerprint density at radius 3 is 2.43 bits per heavy atom. The van der Waals surface area contributed by atoms with Crippen LogP contribution in [0.3, 0.4) is 0 Å². The van der Waals surface area contributed by atoms with E-state index in [1.807, 2.05) is 0 Å². The van der Waals surface area contributed by atoms with Crippen molar-refractivity contribution >= 4 is 38.9 Å². The van der Waals surface area contributed by atoms with Crippen LogP contribution in [-0.2, 0) is 10.0 Å². The molecule has 0 bridgehead atoms. The molecule has 0 radical (unpaired) electrons. The van der Waals surface area contributed by atoms with Gasteiger partial charge in [0.05, 0.1) is 9.95 Å². The first-order valence-electron chi connectivity index (χ1n) is 8.48. The number of hydrogen-bond donors (Lipinski definition) is 1. The average molecular weight is 426 g/mol. The van der Waals surface area contributed by atoms with Gasteiger partial charge < -0.3 is 5.32 Å². The molecule has 0 aliphatic rings. The van der Waals surface area contributed by atoms with E-state index in [9.17, 15) is 23.3 Å². The van der Waals surface area contributed by atoms with Gasteiger partial charge in [-0.1, -0.05) is 31.5 Å². The van der Waals surface area contributed by atoms with Gasteiger partial charge in [0.1, 0.15) is 4.90 Å². The first kappa shape index (κ1) is 21.8. The van der Waals surface area contributed by atoms with Gasteiger partial charge in [-0.15, -0.1) is 0 Å². The van der Waals surface area contributed by atoms with Crippen LogP contribution in [0.1, 0.15) is 29.8 Å². The highest BCUT2D eigenvalue weighted by Gasteiger charge is 2.25. The highest BCUT2D eigenvalue weighted by Crippen LogP contribution is 2.28. The Hall–Kier alpha value is -2.49. The molecule has 0 aromatic heterocycles. The third-order valence-corrected chi connectivity index (χ3v) is 6.79. The number of benzene rings is 2.